The molecule has 1 fully saturated rings. The number of pyridine rings is 1. The number of carbonyl (C=O) groups excluding carboxylic acids is 1. The molecule has 4 rings (SSSR count). The third kappa shape index (κ3) is 3.59. The highest BCUT2D eigenvalue weighted by Gasteiger charge is 2.31. The van der Waals surface area contributed by atoms with E-state index in [0.29, 0.717) is 0 Å². The van der Waals surface area contributed by atoms with Crippen LogP contribution in [0, 0.1) is 6.92 Å². The summed E-state index contributed by atoms with van der Waals surface area (Å²) in [6, 6.07) is 12.5. The predicted molar refractivity (Wildman–Crippen MR) is 101 cm³/mol. The van der Waals surface area contributed by atoms with Gasteiger partial charge in [-0.05, 0) is 68.7 Å². The number of aromatic nitrogens is 1. The summed E-state index contributed by atoms with van der Waals surface area (Å²) in [7, 11) is 0. The molecular formula is C22H26N2O2. The van der Waals surface area contributed by atoms with E-state index in [-0.39, 0.29) is 24.0 Å². The molecule has 1 amide bonds. The van der Waals surface area contributed by atoms with E-state index >= 15 is 0 Å². The minimum absolute atomic E-state index is 0.0261. The topological polar surface area (TPSA) is 51.2 Å². The maximum absolute atomic E-state index is 12.7. The second-order valence-corrected chi connectivity index (χ2v) is 7.48. The first-order valence-corrected chi connectivity index (χ1v) is 9.67. The zero-order chi connectivity index (χ0) is 17.9. The molecule has 4 nitrogen and oxygen atoms in total. The van der Waals surface area contributed by atoms with Gasteiger partial charge in [-0.25, -0.2) is 0 Å². The summed E-state index contributed by atoms with van der Waals surface area (Å²) in [5.74, 6) is 1.10. The van der Waals surface area contributed by atoms with Gasteiger partial charge in [-0.15, -0.1) is 0 Å². The summed E-state index contributed by atoms with van der Waals surface area (Å²) in [4.78, 5) is 17.0. The Labute approximate surface area is 155 Å². The van der Waals surface area contributed by atoms with Crippen molar-refractivity contribution in [1.82, 2.24) is 10.3 Å². The summed E-state index contributed by atoms with van der Waals surface area (Å²) < 4.78 is 6.11. The van der Waals surface area contributed by atoms with Gasteiger partial charge in [0.05, 0.1) is 17.7 Å². The van der Waals surface area contributed by atoms with Gasteiger partial charge >= 0.3 is 0 Å². The fourth-order valence-corrected chi connectivity index (χ4v) is 4.23. The SMILES string of the molecule is Cc1ncccc1OC1CCC(NC(=O)C2CCc3ccccc32)CC1. The Hall–Kier alpha value is -2.36. The zero-order valence-corrected chi connectivity index (χ0v) is 15.3. The summed E-state index contributed by atoms with van der Waals surface area (Å²) in [5.41, 5.74) is 3.48. The maximum Gasteiger partial charge on any atom is 0.227 e. The van der Waals surface area contributed by atoms with E-state index in [1.807, 2.05) is 25.1 Å². The Morgan fingerprint density at radius 3 is 2.69 bits per heavy atom. The van der Waals surface area contributed by atoms with Crippen molar-refractivity contribution in [3.8, 4) is 5.75 Å². The fourth-order valence-electron chi connectivity index (χ4n) is 4.23. The van der Waals surface area contributed by atoms with E-state index in [4.69, 9.17) is 4.74 Å². The highest BCUT2D eigenvalue weighted by molar-refractivity contribution is 5.85. The third-order valence-electron chi connectivity index (χ3n) is 5.72. The summed E-state index contributed by atoms with van der Waals surface area (Å²) in [6.07, 6.45) is 7.85. The minimum atomic E-state index is 0.0261. The lowest BCUT2D eigenvalue weighted by Gasteiger charge is -2.30. The molecule has 0 spiro atoms. The number of fused-ring (bicyclic) bond motifs is 1. The number of hydrogen-bond acceptors (Lipinski definition) is 3. The van der Waals surface area contributed by atoms with Crippen LogP contribution >= 0.6 is 0 Å². The van der Waals surface area contributed by atoms with E-state index in [1.54, 1.807) is 6.20 Å². The standard InChI is InChI=1S/C22H26N2O2/c1-15-21(7-4-14-23-15)26-18-11-9-17(10-12-18)24-22(25)20-13-8-16-5-2-3-6-19(16)20/h2-7,14,17-18,20H,8-13H2,1H3,(H,24,25). The molecule has 2 aliphatic carbocycles. The second-order valence-electron chi connectivity index (χ2n) is 7.48. The number of rotatable bonds is 4. The van der Waals surface area contributed by atoms with E-state index in [9.17, 15) is 4.79 Å². The van der Waals surface area contributed by atoms with Crippen molar-refractivity contribution in [3.63, 3.8) is 0 Å². The average Bonchev–Trinajstić information content (AvgIpc) is 3.09. The minimum Gasteiger partial charge on any atom is -0.489 e. The number of ether oxygens (including phenoxy) is 1. The number of amides is 1. The third-order valence-corrected chi connectivity index (χ3v) is 5.72. The molecule has 2 aliphatic rings. The predicted octanol–water partition coefficient (Wildman–Crippen LogP) is 3.93. The zero-order valence-electron chi connectivity index (χ0n) is 15.3. The van der Waals surface area contributed by atoms with Crippen LogP contribution in [-0.2, 0) is 11.2 Å². The Morgan fingerprint density at radius 1 is 1.08 bits per heavy atom. The number of aryl methyl sites for hydroxylation is 2. The lowest BCUT2D eigenvalue weighted by atomic mass is 9.91. The summed E-state index contributed by atoms with van der Waals surface area (Å²) in [5, 5.41) is 3.29. The van der Waals surface area contributed by atoms with Crippen LogP contribution in [0.15, 0.2) is 42.6 Å². The molecule has 26 heavy (non-hydrogen) atoms. The highest BCUT2D eigenvalue weighted by Crippen LogP contribution is 2.33. The van der Waals surface area contributed by atoms with Crippen LogP contribution < -0.4 is 10.1 Å². The molecule has 136 valence electrons. The Bertz CT molecular complexity index is 781. The van der Waals surface area contributed by atoms with Crippen LogP contribution in [-0.4, -0.2) is 23.0 Å². The van der Waals surface area contributed by atoms with Crippen LogP contribution in [0.25, 0.3) is 0 Å². The van der Waals surface area contributed by atoms with Gasteiger partial charge < -0.3 is 10.1 Å². The Kier molecular flexibility index (Phi) is 4.91. The van der Waals surface area contributed by atoms with Crippen molar-refractivity contribution in [2.45, 2.75) is 63.5 Å². The van der Waals surface area contributed by atoms with Gasteiger partial charge in [0, 0.05) is 12.2 Å². The molecule has 1 saturated carbocycles. The normalized spacial score (nSPS) is 24.7. The molecule has 2 aromatic rings. The molecular weight excluding hydrogens is 324 g/mol. The molecule has 1 unspecified atom stereocenters. The van der Waals surface area contributed by atoms with Gasteiger partial charge in [0.25, 0.3) is 0 Å². The first-order chi connectivity index (χ1) is 12.7. The van der Waals surface area contributed by atoms with E-state index in [0.717, 1.165) is 50.0 Å². The lowest BCUT2D eigenvalue weighted by Crippen LogP contribution is -2.41. The quantitative estimate of drug-likeness (QED) is 0.909. The molecule has 0 saturated heterocycles. The first-order valence-electron chi connectivity index (χ1n) is 9.67. The number of hydrogen-bond donors (Lipinski definition) is 1. The fraction of sp³-hybridized carbons (Fsp3) is 0.455. The second kappa shape index (κ2) is 7.48. The van der Waals surface area contributed by atoms with Gasteiger partial charge in [0.2, 0.25) is 5.91 Å². The lowest BCUT2D eigenvalue weighted by molar-refractivity contribution is -0.123. The number of benzene rings is 1. The van der Waals surface area contributed by atoms with Crippen molar-refractivity contribution in [3.05, 3.63) is 59.4 Å². The van der Waals surface area contributed by atoms with Crippen molar-refractivity contribution >= 4 is 5.91 Å². The van der Waals surface area contributed by atoms with Gasteiger partial charge in [0.1, 0.15) is 5.75 Å². The van der Waals surface area contributed by atoms with E-state index in [1.165, 1.54) is 11.1 Å². The molecule has 1 aromatic carbocycles. The smallest absolute Gasteiger partial charge is 0.227 e. The van der Waals surface area contributed by atoms with Crippen molar-refractivity contribution in [2.75, 3.05) is 0 Å². The number of nitrogens with one attached hydrogen (secondary N) is 1. The number of carbonyl (C=O) groups is 1. The molecule has 0 radical (unpaired) electrons. The summed E-state index contributed by atoms with van der Waals surface area (Å²) >= 11 is 0. The van der Waals surface area contributed by atoms with E-state index in [2.05, 4.69) is 28.5 Å². The van der Waals surface area contributed by atoms with Gasteiger partial charge in [0.15, 0.2) is 0 Å². The monoisotopic (exact) mass is 350 g/mol. The molecule has 1 atom stereocenters. The maximum atomic E-state index is 12.7. The molecule has 4 heteroatoms. The van der Waals surface area contributed by atoms with Gasteiger partial charge in [-0.1, -0.05) is 24.3 Å². The molecule has 0 bridgehead atoms. The number of nitrogens with zero attached hydrogens (tertiary/aromatic N) is 1. The van der Waals surface area contributed by atoms with Crippen LogP contribution in [0.1, 0.15) is 54.8 Å². The van der Waals surface area contributed by atoms with Gasteiger partial charge in [-0.2, -0.15) is 0 Å². The first kappa shape index (κ1) is 17.1. The highest BCUT2D eigenvalue weighted by atomic mass is 16.5. The molecule has 0 aliphatic heterocycles. The average molecular weight is 350 g/mol. The van der Waals surface area contributed by atoms with Crippen LogP contribution in [0.4, 0.5) is 0 Å². The van der Waals surface area contributed by atoms with E-state index < -0.39 is 0 Å². The molecule has 1 aromatic heterocycles. The van der Waals surface area contributed by atoms with Gasteiger partial charge in [-0.3, -0.25) is 9.78 Å². The molecule has 1 heterocycles. The van der Waals surface area contributed by atoms with Crippen molar-refractivity contribution in [1.29, 1.82) is 0 Å². The van der Waals surface area contributed by atoms with Crippen LogP contribution in [0.5, 0.6) is 5.75 Å². The Balaban J connectivity index is 1.29. The largest absolute Gasteiger partial charge is 0.489 e. The van der Waals surface area contributed by atoms with Crippen LogP contribution in [0.2, 0.25) is 0 Å². The molecule has 1 N–H and O–H groups in total. The van der Waals surface area contributed by atoms with Crippen molar-refractivity contribution in [2.24, 2.45) is 0 Å². The summed E-state index contributed by atoms with van der Waals surface area (Å²) in [6.45, 7) is 1.97. The van der Waals surface area contributed by atoms with Crippen LogP contribution in [0.3, 0.4) is 0 Å². The van der Waals surface area contributed by atoms with Crippen molar-refractivity contribution < 1.29 is 9.53 Å². The Morgan fingerprint density at radius 2 is 1.88 bits per heavy atom.